The Morgan fingerprint density at radius 2 is 2.16 bits per heavy atom. The smallest absolute Gasteiger partial charge is 0.224 e. The van der Waals surface area contributed by atoms with Crippen molar-refractivity contribution < 1.29 is 13.9 Å². The SMILES string of the molecule is NC(=O)Cc1ncc(CN2CCOCC(Cc3ncc(F)cn3)C2)s1. The Bertz CT molecular complexity index is 709. The number of primary amides is 1. The minimum Gasteiger partial charge on any atom is -0.380 e. The Hall–Kier alpha value is -1.97. The van der Waals surface area contributed by atoms with E-state index >= 15 is 0 Å². The van der Waals surface area contributed by atoms with Crippen molar-refractivity contribution in [1.82, 2.24) is 19.9 Å². The number of amides is 1. The lowest BCUT2D eigenvalue weighted by Gasteiger charge is -2.22. The van der Waals surface area contributed by atoms with Gasteiger partial charge in [0.25, 0.3) is 0 Å². The predicted molar refractivity (Wildman–Crippen MR) is 90.3 cm³/mol. The van der Waals surface area contributed by atoms with Gasteiger partial charge in [0.2, 0.25) is 5.91 Å². The molecule has 25 heavy (non-hydrogen) atoms. The first kappa shape index (κ1) is 17.8. The van der Waals surface area contributed by atoms with Crippen LogP contribution < -0.4 is 5.73 Å². The van der Waals surface area contributed by atoms with Crippen LogP contribution in [0.15, 0.2) is 18.6 Å². The van der Waals surface area contributed by atoms with Crippen LogP contribution in [-0.2, 0) is 28.9 Å². The molecule has 1 aliphatic rings. The summed E-state index contributed by atoms with van der Waals surface area (Å²) in [4.78, 5) is 26.7. The monoisotopic (exact) mass is 365 g/mol. The lowest BCUT2D eigenvalue weighted by atomic mass is 10.1. The maximum Gasteiger partial charge on any atom is 0.224 e. The second kappa shape index (κ2) is 8.41. The highest BCUT2D eigenvalue weighted by molar-refractivity contribution is 7.11. The molecule has 0 aromatic carbocycles. The van der Waals surface area contributed by atoms with E-state index < -0.39 is 5.82 Å². The minimum absolute atomic E-state index is 0.179. The molecule has 1 amide bonds. The zero-order valence-electron chi connectivity index (χ0n) is 13.7. The predicted octanol–water partition coefficient (Wildman–Crippen LogP) is 0.791. The summed E-state index contributed by atoms with van der Waals surface area (Å²) in [6.45, 7) is 3.70. The van der Waals surface area contributed by atoms with E-state index in [4.69, 9.17) is 10.5 Å². The summed E-state index contributed by atoms with van der Waals surface area (Å²) < 4.78 is 18.6. The number of carbonyl (C=O) groups excluding carboxylic acids is 1. The van der Waals surface area contributed by atoms with E-state index in [1.165, 1.54) is 23.7 Å². The minimum atomic E-state index is -0.431. The molecule has 1 saturated heterocycles. The molecule has 0 bridgehead atoms. The third-order valence-electron chi connectivity index (χ3n) is 3.87. The molecular formula is C16H20FN5O2S. The van der Waals surface area contributed by atoms with Crippen molar-refractivity contribution >= 4 is 17.2 Å². The van der Waals surface area contributed by atoms with Crippen molar-refractivity contribution in [3.63, 3.8) is 0 Å². The van der Waals surface area contributed by atoms with Gasteiger partial charge in [-0.15, -0.1) is 11.3 Å². The standard InChI is InChI=1S/C16H20FN5O2S/c17-12-5-19-15(20-6-12)3-11-8-22(1-2-24-10-11)9-13-7-21-16(25-13)4-14(18)23/h5-7,11H,1-4,8-10H2,(H2,18,23). The number of ether oxygens (including phenoxy) is 1. The van der Waals surface area contributed by atoms with Gasteiger partial charge in [0.1, 0.15) is 10.8 Å². The highest BCUT2D eigenvalue weighted by Crippen LogP contribution is 2.19. The first-order valence-corrected chi connectivity index (χ1v) is 8.88. The maximum absolute atomic E-state index is 12.9. The molecule has 1 aliphatic heterocycles. The second-order valence-electron chi connectivity index (χ2n) is 6.06. The molecule has 9 heteroatoms. The van der Waals surface area contributed by atoms with Gasteiger partial charge in [-0.1, -0.05) is 0 Å². The Morgan fingerprint density at radius 3 is 2.92 bits per heavy atom. The van der Waals surface area contributed by atoms with E-state index in [9.17, 15) is 9.18 Å². The largest absolute Gasteiger partial charge is 0.380 e. The first-order chi connectivity index (χ1) is 12.1. The summed E-state index contributed by atoms with van der Waals surface area (Å²) in [5.41, 5.74) is 5.20. The van der Waals surface area contributed by atoms with Gasteiger partial charge in [0.15, 0.2) is 5.82 Å². The van der Waals surface area contributed by atoms with Crippen molar-refractivity contribution in [2.75, 3.05) is 26.3 Å². The fourth-order valence-electron chi connectivity index (χ4n) is 2.79. The summed E-state index contributed by atoms with van der Waals surface area (Å²) in [5, 5.41) is 0.741. The number of hydrogen-bond acceptors (Lipinski definition) is 7. The topological polar surface area (TPSA) is 94.2 Å². The molecule has 3 rings (SSSR count). The Balaban J connectivity index is 1.58. The number of hydrogen-bond donors (Lipinski definition) is 1. The Morgan fingerprint density at radius 1 is 1.36 bits per heavy atom. The van der Waals surface area contributed by atoms with Gasteiger partial charge in [0, 0.05) is 43.0 Å². The van der Waals surface area contributed by atoms with Crippen molar-refractivity contribution in [2.24, 2.45) is 11.7 Å². The summed E-state index contributed by atoms with van der Waals surface area (Å²) in [5.74, 6) is 0.0623. The molecule has 2 N–H and O–H groups in total. The van der Waals surface area contributed by atoms with E-state index in [1.54, 1.807) is 6.20 Å². The number of aromatic nitrogens is 3. The van der Waals surface area contributed by atoms with Gasteiger partial charge in [-0.3, -0.25) is 9.69 Å². The van der Waals surface area contributed by atoms with Crippen LogP contribution in [0.2, 0.25) is 0 Å². The molecule has 1 fully saturated rings. The van der Waals surface area contributed by atoms with Crippen LogP contribution in [0.1, 0.15) is 15.7 Å². The fourth-order valence-corrected chi connectivity index (χ4v) is 3.77. The van der Waals surface area contributed by atoms with Gasteiger partial charge in [-0.05, 0) is 0 Å². The molecule has 3 heterocycles. The summed E-state index contributed by atoms with van der Waals surface area (Å²) in [7, 11) is 0. The van der Waals surface area contributed by atoms with Crippen molar-refractivity contribution in [3.05, 3.63) is 40.1 Å². The van der Waals surface area contributed by atoms with Gasteiger partial charge in [-0.25, -0.2) is 19.3 Å². The van der Waals surface area contributed by atoms with Crippen LogP contribution in [0.5, 0.6) is 0 Å². The van der Waals surface area contributed by atoms with Gasteiger partial charge < -0.3 is 10.5 Å². The second-order valence-corrected chi connectivity index (χ2v) is 7.26. The van der Waals surface area contributed by atoms with E-state index in [2.05, 4.69) is 19.9 Å². The van der Waals surface area contributed by atoms with Crippen molar-refractivity contribution in [2.45, 2.75) is 19.4 Å². The summed E-state index contributed by atoms with van der Waals surface area (Å²) in [6, 6.07) is 0. The van der Waals surface area contributed by atoms with E-state index in [0.717, 1.165) is 29.5 Å². The zero-order chi connectivity index (χ0) is 17.6. The van der Waals surface area contributed by atoms with Crippen LogP contribution in [-0.4, -0.2) is 52.1 Å². The van der Waals surface area contributed by atoms with E-state index in [1.807, 2.05) is 0 Å². The average molecular weight is 365 g/mol. The summed E-state index contributed by atoms with van der Waals surface area (Å²) in [6.07, 6.45) is 5.00. The zero-order valence-corrected chi connectivity index (χ0v) is 14.5. The maximum atomic E-state index is 12.9. The molecule has 1 atom stereocenters. The van der Waals surface area contributed by atoms with E-state index in [-0.39, 0.29) is 18.2 Å². The van der Waals surface area contributed by atoms with E-state index in [0.29, 0.717) is 25.5 Å². The molecule has 134 valence electrons. The first-order valence-electron chi connectivity index (χ1n) is 8.07. The number of nitrogens with two attached hydrogens (primary N) is 1. The van der Waals surface area contributed by atoms with Gasteiger partial charge >= 0.3 is 0 Å². The average Bonchev–Trinajstić information content (AvgIpc) is 2.87. The van der Waals surface area contributed by atoms with Gasteiger partial charge in [-0.2, -0.15) is 0 Å². The third-order valence-corrected chi connectivity index (χ3v) is 4.86. The Labute approximate surface area is 149 Å². The van der Waals surface area contributed by atoms with Crippen LogP contribution >= 0.6 is 11.3 Å². The number of rotatable bonds is 6. The summed E-state index contributed by atoms with van der Waals surface area (Å²) >= 11 is 1.51. The van der Waals surface area contributed by atoms with Crippen molar-refractivity contribution in [3.8, 4) is 0 Å². The molecular weight excluding hydrogens is 345 g/mol. The molecule has 2 aromatic rings. The van der Waals surface area contributed by atoms with Crippen LogP contribution in [0, 0.1) is 11.7 Å². The van der Waals surface area contributed by atoms with Crippen LogP contribution in [0.4, 0.5) is 4.39 Å². The third kappa shape index (κ3) is 5.52. The molecule has 7 nitrogen and oxygen atoms in total. The lowest BCUT2D eigenvalue weighted by Crippen LogP contribution is -2.30. The Kier molecular flexibility index (Phi) is 6.00. The fraction of sp³-hybridized carbons (Fsp3) is 0.500. The number of nitrogens with zero attached hydrogens (tertiary/aromatic N) is 4. The molecule has 0 aliphatic carbocycles. The number of halogens is 1. The lowest BCUT2D eigenvalue weighted by molar-refractivity contribution is -0.117. The van der Waals surface area contributed by atoms with Crippen LogP contribution in [0.25, 0.3) is 0 Å². The van der Waals surface area contributed by atoms with Crippen molar-refractivity contribution in [1.29, 1.82) is 0 Å². The molecule has 0 spiro atoms. The molecule has 1 unspecified atom stereocenters. The van der Waals surface area contributed by atoms with Crippen LogP contribution in [0.3, 0.4) is 0 Å². The molecule has 0 radical (unpaired) electrons. The number of thiazole rings is 1. The normalized spacial score (nSPS) is 18.8. The quantitative estimate of drug-likeness (QED) is 0.813. The number of carbonyl (C=O) groups is 1. The molecule has 0 saturated carbocycles. The highest BCUT2D eigenvalue weighted by Gasteiger charge is 2.21. The highest BCUT2D eigenvalue weighted by atomic mass is 32.1. The van der Waals surface area contributed by atoms with Gasteiger partial charge in [0.05, 0.1) is 32.0 Å². The molecule has 2 aromatic heterocycles.